The van der Waals surface area contributed by atoms with Gasteiger partial charge >= 0.3 is 0 Å². The van der Waals surface area contributed by atoms with Crippen molar-refractivity contribution in [3.8, 4) is 0 Å². The van der Waals surface area contributed by atoms with Gasteiger partial charge in [-0.25, -0.2) is 0 Å². The fourth-order valence-corrected chi connectivity index (χ4v) is 1.79. The quantitative estimate of drug-likeness (QED) is 0.518. The van der Waals surface area contributed by atoms with Gasteiger partial charge in [-0.05, 0) is 26.9 Å². The highest BCUT2D eigenvalue weighted by Crippen LogP contribution is 1.97. The van der Waals surface area contributed by atoms with Crippen molar-refractivity contribution in [1.29, 1.82) is 0 Å². The molecule has 0 saturated carbocycles. The zero-order valence-electron chi connectivity index (χ0n) is 10.2. The normalized spacial score (nSPS) is 20.1. The summed E-state index contributed by atoms with van der Waals surface area (Å²) in [4.78, 5) is 4.94. The van der Waals surface area contributed by atoms with Gasteiger partial charge in [0, 0.05) is 39.3 Å². The third kappa shape index (κ3) is 5.92. The van der Waals surface area contributed by atoms with E-state index in [2.05, 4.69) is 41.2 Å². The van der Waals surface area contributed by atoms with E-state index in [1.54, 1.807) is 0 Å². The van der Waals surface area contributed by atoms with Gasteiger partial charge in [0.2, 0.25) is 0 Å². The van der Waals surface area contributed by atoms with Crippen LogP contribution in [0.4, 0.5) is 0 Å². The Morgan fingerprint density at radius 1 is 1.13 bits per heavy atom. The lowest BCUT2D eigenvalue weighted by molar-refractivity contribution is 0.155. The van der Waals surface area contributed by atoms with E-state index >= 15 is 0 Å². The summed E-state index contributed by atoms with van der Waals surface area (Å²) in [5, 5.41) is 3.47. The van der Waals surface area contributed by atoms with Gasteiger partial charge < -0.3 is 10.2 Å². The Bertz CT molecular complexity index is 172. The van der Waals surface area contributed by atoms with Crippen LogP contribution < -0.4 is 5.32 Å². The van der Waals surface area contributed by atoms with E-state index in [9.17, 15) is 0 Å². The zero-order chi connectivity index (χ0) is 10.9. The summed E-state index contributed by atoms with van der Waals surface area (Å²) in [5.74, 6) is 0. The molecule has 0 atom stereocenters. The molecule has 1 heterocycles. The first kappa shape index (κ1) is 12.7. The van der Waals surface area contributed by atoms with Crippen LogP contribution in [0.5, 0.6) is 0 Å². The Labute approximate surface area is 94.1 Å². The summed E-state index contributed by atoms with van der Waals surface area (Å²) in [6, 6.07) is 0. The van der Waals surface area contributed by atoms with Crippen LogP contribution >= 0.6 is 0 Å². The van der Waals surface area contributed by atoms with Crippen LogP contribution in [0.1, 0.15) is 13.3 Å². The Balaban J connectivity index is 1.91. The van der Waals surface area contributed by atoms with E-state index in [-0.39, 0.29) is 0 Å². The van der Waals surface area contributed by atoms with Crippen molar-refractivity contribution in [2.24, 2.45) is 0 Å². The monoisotopic (exact) mass is 211 g/mol. The van der Waals surface area contributed by atoms with Gasteiger partial charge in [-0.1, -0.05) is 12.2 Å². The SMILES string of the molecule is C/C=C/CCNCCN1CCN(C)CC1. The average Bonchev–Trinajstić information content (AvgIpc) is 2.26. The largest absolute Gasteiger partial charge is 0.315 e. The van der Waals surface area contributed by atoms with Gasteiger partial charge in [-0.3, -0.25) is 4.90 Å². The first-order valence-electron chi connectivity index (χ1n) is 6.05. The maximum atomic E-state index is 3.47. The number of piperazine rings is 1. The van der Waals surface area contributed by atoms with E-state index in [0.717, 1.165) is 19.5 Å². The first-order valence-corrected chi connectivity index (χ1v) is 6.05. The van der Waals surface area contributed by atoms with Gasteiger partial charge in [0.05, 0.1) is 0 Å². The van der Waals surface area contributed by atoms with Crippen LogP contribution in [0, 0.1) is 0 Å². The Kier molecular flexibility index (Phi) is 6.64. The average molecular weight is 211 g/mol. The Morgan fingerprint density at radius 2 is 1.87 bits per heavy atom. The molecule has 1 aliphatic heterocycles. The molecule has 0 bridgehead atoms. The third-order valence-corrected chi connectivity index (χ3v) is 2.92. The van der Waals surface area contributed by atoms with E-state index in [4.69, 9.17) is 0 Å². The summed E-state index contributed by atoms with van der Waals surface area (Å²) in [6.07, 6.45) is 5.48. The molecular weight excluding hydrogens is 186 g/mol. The van der Waals surface area contributed by atoms with Crippen molar-refractivity contribution in [3.05, 3.63) is 12.2 Å². The van der Waals surface area contributed by atoms with Crippen molar-refractivity contribution in [1.82, 2.24) is 15.1 Å². The van der Waals surface area contributed by atoms with Gasteiger partial charge in [0.1, 0.15) is 0 Å². The number of nitrogens with one attached hydrogen (secondary N) is 1. The van der Waals surface area contributed by atoms with Gasteiger partial charge in [0.15, 0.2) is 0 Å². The van der Waals surface area contributed by atoms with E-state index in [1.807, 2.05) is 0 Å². The highest BCUT2D eigenvalue weighted by atomic mass is 15.2. The van der Waals surface area contributed by atoms with Crippen molar-refractivity contribution < 1.29 is 0 Å². The van der Waals surface area contributed by atoms with Crippen LogP contribution in [0.3, 0.4) is 0 Å². The molecule has 1 N–H and O–H groups in total. The van der Waals surface area contributed by atoms with Crippen molar-refractivity contribution >= 4 is 0 Å². The summed E-state index contributed by atoms with van der Waals surface area (Å²) in [7, 11) is 2.20. The number of allylic oxidation sites excluding steroid dienone is 1. The first-order chi connectivity index (χ1) is 7.33. The lowest BCUT2D eigenvalue weighted by Crippen LogP contribution is -2.46. The van der Waals surface area contributed by atoms with Crippen molar-refractivity contribution in [2.45, 2.75) is 13.3 Å². The van der Waals surface area contributed by atoms with Crippen LogP contribution in [0.2, 0.25) is 0 Å². The minimum Gasteiger partial charge on any atom is -0.315 e. The smallest absolute Gasteiger partial charge is 0.0110 e. The lowest BCUT2D eigenvalue weighted by Gasteiger charge is -2.32. The molecule has 1 rings (SSSR count). The second-order valence-electron chi connectivity index (χ2n) is 4.25. The summed E-state index contributed by atoms with van der Waals surface area (Å²) >= 11 is 0. The lowest BCUT2D eigenvalue weighted by atomic mass is 10.3. The second-order valence-corrected chi connectivity index (χ2v) is 4.25. The number of hydrogen-bond donors (Lipinski definition) is 1. The number of rotatable bonds is 6. The van der Waals surface area contributed by atoms with Crippen molar-refractivity contribution in [3.63, 3.8) is 0 Å². The van der Waals surface area contributed by atoms with E-state index in [1.165, 1.54) is 32.7 Å². The molecule has 15 heavy (non-hydrogen) atoms. The van der Waals surface area contributed by atoms with Crippen LogP contribution in [0.15, 0.2) is 12.2 Å². The fourth-order valence-electron chi connectivity index (χ4n) is 1.79. The zero-order valence-corrected chi connectivity index (χ0v) is 10.2. The van der Waals surface area contributed by atoms with Gasteiger partial charge in [-0.2, -0.15) is 0 Å². The molecule has 3 heteroatoms. The molecule has 88 valence electrons. The van der Waals surface area contributed by atoms with Crippen LogP contribution in [-0.4, -0.2) is 62.7 Å². The maximum Gasteiger partial charge on any atom is 0.0110 e. The minimum absolute atomic E-state index is 1.11. The highest BCUT2D eigenvalue weighted by Gasteiger charge is 2.12. The molecule has 0 aliphatic carbocycles. The standard InChI is InChI=1S/C12H25N3/c1-3-4-5-6-13-7-8-15-11-9-14(2)10-12-15/h3-4,13H,5-12H2,1-2H3/b4-3+. The number of likely N-dealkylation sites (N-methyl/N-ethyl adjacent to an activating group) is 1. The molecule has 3 nitrogen and oxygen atoms in total. The second kappa shape index (κ2) is 7.85. The molecule has 0 aromatic carbocycles. The van der Waals surface area contributed by atoms with Gasteiger partial charge in [-0.15, -0.1) is 0 Å². The summed E-state index contributed by atoms with van der Waals surface area (Å²) in [5.41, 5.74) is 0. The molecule has 0 aromatic rings. The van der Waals surface area contributed by atoms with Gasteiger partial charge in [0.25, 0.3) is 0 Å². The summed E-state index contributed by atoms with van der Waals surface area (Å²) < 4.78 is 0. The summed E-state index contributed by atoms with van der Waals surface area (Å²) in [6.45, 7) is 10.4. The molecule has 1 saturated heterocycles. The van der Waals surface area contributed by atoms with E-state index < -0.39 is 0 Å². The molecule has 0 unspecified atom stereocenters. The minimum atomic E-state index is 1.11. The molecule has 0 aromatic heterocycles. The predicted molar refractivity (Wildman–Crippen MR) is 66.2 cm³/mol. The molecule has 1 aliphatic rings. The van der Waals surface area contributed by atoms with Crippen LogP contribution in [-0.2, 0) is 0 Å². The van der Waals surface area contributed by atoms with Crippen molar-refractivity contribution in [2.75, 3.05) is 52.9 Å². The topological polar surface area (TPSA) is 18.5 Å². The molecule has 1 fully saturated rings. The van der Waals surface area contributed by atoms with E-state index in [0.29, 0.717) is 0 Å². The predicted octanol–water partition coefficient (Wildman–Crippen LogP) is 0.790. The molecular formula is C12H25N3. The molecule has 0 radical (unpaired) electrons. The number of nitrogens with zero attached hydrogens (tertiary/aromatic N) is 2. The Hall–Kier alpha value is -0.380. The highest BCUT2D eigenvalue weighted by molar-refractivity contribution is 4.77. The fraction of sp³-hybridized carbons (Fsp3) is 0.833. The third-order valence-electron chi connectivity index (χ3n) is 2.92. The number of hydrogen-bond acceptors (Lipinski definition) is 3. The Morgan fingerprint density at radius 3 is 2.53 bits per heavy atom. The maximum absolute atomic E-state index is 3.47. The molecule has 0 amide bonds. The van der Waals surface area contributed by atoms with Crippen LogP contribution in [0.25, 0.3) is 0 Å². The molecule has 0 spiro atoms.